The number of carbonyl (C=O) groups is 1. The van der Waals surface area contributed by atoms with Gasteiger partial charge in [0.1, 0.15) is 0 Å². The van der Waals surface area contributed by atoms with Crippen molar-refractivity contribution in [3.05, 3.63) is 145 Å². The van der Waals surface area contributed by atoms with Gasteiger partial charge in [-0.25, -0.2) is 4.79 Å². The fraction of sp³-hybridized carbons (Fsp3) is 0.0541. The van der Waals surface area contributed by atoms with Gasteiger partial charge < -0.3 is 9.30 Å². The smallest absolute Gasteiger partial charge is 0.330 e. The lowest BCUT2D eigenvalue weighted by Gasteiger charge is -2.25. The minimum atomic E-state index is -3.35. The molecule has 0 N–H and O–H groups in total. The SMILES string of the molecule is CCOC(=O)/C=C/c1ccc2ccccc2c1-c1c(P(=O)(c2ccccc2)c2ccccc2)ccc2ccccc12. The molecule has 0 radical (unpaired) electrons. The molecule has 3 nitrogen and oxygen atoms in total. The molecule has 0 aromatic heterocycles. The van der Waals surface area contributed by atoms with Gasteiger partial charge in [0.15, 0.2) is 7.14 Å². The summed E-state index contributed by atoms with van der Waals surface area (Å²) in [4.78, 5) is 12.4. The first kappa shape index (κ1) is 26.5. The van der Waals surface area contributed by atoms with Crippen LogP contribution >= 0.6 is 7.14 Å². The largest absolute Gasteiger partial charge is 0.463 e. The van der Waals surface area contributed by atoms with Crippen LogP contribution in [-0.4, -0.2) is 12.6 Å². The van der Waals surface area contributed by atoms with E-state index in [9.17, 15) is 4.79 Å². The number of esters is 1. The average Bonchev–Trinajstić information content (AvgIpc) is 3.03. The minimum Gasteiger partial charge on any atom is -0.463 e. The van der Waals surface area contributed by atoms with Gasteiger partial charge in [0.05, 0.1) is 6.61 Å². The van der Waals surface area contributed by atoms with Crippen molar-refractivity contribution in [1.29, 1.82) is 0 Å². The maximum atomic E-state index is 15.8. The zero-order chi connectivity index (χ0) is 28.2. The predicted octanol–water partition coefficient (Wildman–Crippen LogP) is 7.88. The Morgan fingerprint density at radius 1 is 0.634 bits per heavy atom. The highest BCUT2D eigenvalue weighted by Gasteiger charge is 2.33. The van der Waals surface area contributed by atoms with Crippen LogP contribution in [0, 0.1) is 0 Å². The molecule has 0 amide bonds. The van der Waals surface area contributed by atoms with Crippen molar-refractivity contribution < 1.29 is 14.1 Å². The molecule has 4 heteroatoms. The molecule has 6 rings (SSSR count). The Morgan fingerprint density at radius 3 is 1.73 bits per heavy atom. The summed E-state index contributed by atoms with van der Waals surface area (Å²) in [5.74, 6) is -0.399. The van der Waals surface area contributed by atoms with E-state index in [4.69, 9.17) is 4.74 Å². The molecular formula is C37H29O3P. The molecule has 0 aliphatic carbocycles. The number of carbonyl (C=O) groups excluding carboxylic acids is 1. The topological polar surface area (TPSA) is 43.4 Å². The van der Waals surface area contributed by atoms with E-state index >= 15 is 4.57 Å². The average molecular weight is 553 g/mol. The highest BCUT2D eigenvalue weighted by molar-refractivity contribution is 7.85. The summed E-state index contributed by atoms with van der Waals surface area (Å²) >= 11 is 0. The second-order valence-electron chi connectivity index (χ2n) is 9.80. The molecule has 0 saturated heterocycles. The maximum absolute atomic E-state index is 15.8. The third-order valence-corrected chi connectivity index (χ3v) is 10.5. The van der Waals surface area contributed by atoms with Crippen LogP contribution in [0.2, 0.25) is 0 Å². The Bertz CT molecular complexity index is 1900. The van der Waals surface area contributed by atoms with Crippen molar-refractivity contribution in [1.82, 2.24) is 0 Å². The van der Waals surface area contributed by atoms with Crippen molar-refractivity contribution in [2.75, 3.05) is 6.61 Å². The van der Waals surface area contributed by atoms with Crippen molar-refractivity contribution in [2.24, 2.45) is 0 Å². The first-order valence-corrected chi connectivity index (χ1v) is 15.4. The van der Waals surface area contributed by atoms with Gasteiger partial charge in [0.2, 0.25) is 0 Å². The molecule has 0 unspecified atom stereocenters. The molecule has 200 valence electrons. The Morgan fingerprint density at radius 2 is 1.15 bits per heavy atom. The van der Waals surface area contributed by atoms with E-state index in [1.54, 1.807) is 13.0 Å². The van der Waals surface area contributed by atoms with E-state index in [0.29, 0.717) is 6.61 Å². The summed E-state index contributed by atoms with van der Waals surface area (Å²) in [6, 6.07) is 44.1. The van der Waals surface area contributed by atoms with E-state index in [1.807, 2.05) is 97.1 Å². The molecule has 41 heavy (non-hydrogen) atoms. The van der Waals surface area contributed by atoms with Crippen LogP contribution in [0.25, 0.3) is 38.7 Å². The normalized spacial score (nSPS) is 11.7. The van der Waals surface area contributed by atoms with Gasteiger partial charge >= 0.3 is 5.97 Å². The molecule has 0 spiro atoms. The first-order chi connectivity index (χ1) is 20.1. The summed E-state index contributed by atoms with van der Waals surface area (Å²) in [7, 11) is -3.35. The van der Waals surface area contributed by atoms with Crippen LogP contribution < -0.4 is 15.9 Å². The lowest BCUT2D eigenvalue weighted by atomic mass is 9.90. The fourth-order valence-electron chi connectivity index (χ4n) is 5.54. The molecule has 0 bridgehead atoms. The monoisotopic (exact) mass is 552 g/mol. The summed E-state index contributed by atoms with van der Waals surface area (Å²) in [6.45, 7) is 2.10. The number of ether oxygens (including phenoxy) is 1. The van der Waals surface area contributed by atoms with Gasteiger partial charge in [-0.15, -0.1) is 0 Å². The van der Waals surface area contributed by atoms with Gasteiger partial charge in [-0.2, -0.15) is 0 Å². The fourth-order valence-corrected chi connectivity index (χ4v) is 8.41. The van der Waals surface area contributed by atoms with Gasteiger partial charge in [0, 0.05) is 27.6 Å². The molecule has 6 aromatic carbocycles. The Kier molecular flexibility index (Phi) is 7.37. The van der Waals surface area contributed by atoms with Crippen LogP contribution in [0.5, 0.6) is 0 Å². The predicted molar refractivity (Wildman–Crippen MR) is 172 cm³/mol. The molecule has 0 fully saturated rings. The van der Waals surface area contributed by atoms with Crippen molar-refractivity contribution in [3.8, 4) is 11.1 Å². The van der Waals surface area contributed by atoms with E-state index in [1.165, 1.54) is 6.08 Å². The Labute approximate surface area is 240 Å². The van der Waals surface area contributed by atoms with Crippen LogP contribution in [-0.2, 0) is 14.1 Å². The zero-order valence-corrected chi connectivity index (χ0v) is 23.6. The third kappa shape index (κ3) is 4.90. The van der Waals surface area contributed by atoms with Crippen LogP contribution in [0.1, 0.15) is 12.5 Å². The minimum absolute atomic E-state index is 0.304. The van der Waals surface area contributed by atoms with Crippen molar-refractivity contribution >= 4 is 56.6 Å². The second-order valence-corrected chi connectivity index (χ2v) is 12.5. The van der Waals surface area contributed by atoms with Gasteiger partial charge in [-0.05, 0) is 51.7 Å². The molecule has 0 saturated carbocycles. The number of rotatable bonds is 7. The standard InChI is InChI=1S/C37H29O3P/c1-2-40-35(38)26-24-29-22-21-27-13-9-11-19-32(27)36(29)37-33-20-12-10-14-28(33)23-25-34(37)41(39,30-15-5-3-6-16-30)31-17-7-4-8-18-31/h3-26H,2H2,1H3/b26-24+. The summed E-state index contributed by atoms with van der Waals surface area (Å²) < 4.78 is 21.0. The highest BCUT2D eigenvalue weighted by Crippen LogP contribution is 2.48. The van der Waals surface area contributed by atoms with Gasteiger partial charge in [-0.3, -0.25) is 0 Å². The molecule has 6 aromatic rings. The van der Waals surface area contributed by atoms with Gasteiger partial charge in [0.25, 0.3) is 0 Å². The lowest BCUT2D eigenvalue weighted by Crippen LogP contribution is -2.26. The van der Waals surface area contributed by atoms with Crippen molar-refractivity contribution in [2.45, 2.75) is 6.92 Å². The van der Waals surface area contributed by atoms with Crippen LogP contribution in [0.15, 0.2) is 140 Å². The second kappa shape index (κ2) is 11.4. The molecule has 0 aliphatic rings. The molecule has 0 heterocycles. The van der Waals surface area contributed by atoms with E-state index in [-0.39, 0.29) is 0 Å². The molecular weight excluding hydrogens is 523 g/mol. The van der Waals surface area contributed by atoms with Gasteiger partial charge in [-0.1, -0.05) is 127 Å². The Balaban J connectivity index is 1.77. The third-order valence-electron chi connectivity index (χ3n) is 7.38. The number of benzene rings is 6. The van der Waals surface area contributed by atoms with E-state index in [2.05, 4.69) is 36.4 Å². The van der Waals surface area contributed by atoms with Crippen molar-refractivity contribution in [3.63, 3.8) is 0 Å². The molecule has 0 atom stereocenters. The van der Waals surface area contributed by atoms with Crippen LogP contribution in [0.3, 0.4) is 0 Å². The number of fused-ring (bicyclic) bond motifs is 2. The van der Waals surface area contributed by atoms with E-state index in [0.717, 1.165) is 54.1 Å². The lowest BCUT2D eigenvalue weighted by molar-refractivity contribution is -0.137. The Hall–Kier alpha value is -4.72. The number of hydrogen-bond donors (Lipinski definition) is 0. The quantitative estimate of drug-likeness (QED) is 0.115. The van der Waals surface area contributed by atoms with E-state index < -0.39 is 13.1 Å². The highest BCUT2D eigenvalue weighted by atomic mass is 31.2. The first-order valence-electron chi connectivity index (χ1n) is 13.7. The summed E-state index contributed by atoms with van der Waals surface area (Å²) in [5.41, 5.74) is 2.68. The molecule has 0 aliphatic heterocycles. The zero-order valence-electron chi connectivity index (χ0n) is 22.7. The maximum Gasteiger partial charge on any atom is 0.330 e. The summed E-state index contributed by atoms with van der Waals surface area (Å²) in [6.07, 6.45) is 3.27. The number of hydrogen-bond acceptors (Lipinski definition) is 3. The summed E-state index contributed by atoms with van der Waals surface area (Å²) in [5, 5.41) is 6.42. The van der Waals surface area contributed by atoms with Crippen LogP contribution in [0.4, 0.5) is 0 Å².